The zero-order chi connectivity index (χ0) is 22.5. The van der Waals surface area contributed by atoms with E-state index in [2.05, 4.69) is 78.9 Å². The van der Waals surface area contributed by atoms with Gasteiger partial charge in [-0.3, -0.25) is 4.98 Å². The minimum Gasteiger partial charge on any atom is -0.455 e. The Hall–Kier alpha value is -3.39. The molecular weight excluding hydrogens is 414 g/mol. The van der Waals surface area contributed by atoms with E-state index >= 15 is 0 Å². The van der Waals surface area contributed by atoms with E-state index in [0.717, 1.165) is 50.9 Å². The number of furan rings is 1. The molecule has 2 heteroatoms. The molecule has 2 bridgehead atoms. The monoisotopic (exact) mass is 443 g/mol. The van der Waals surface area contributed by atoms with Crippen LogP contribution in [-0.2, 0) is 6.42 Å². The molecule has 0 aliphatic heterocycles. The number of nitrogens with zero attached hydrogens (tertiary/aromatic N) is 1. The Morgan fingerprint density at radius 3 is 2.47 bits per heavy atom. The van der Waals surface area contributed by atoms with Crippen molar-refractivity contribution >= 4 is 21.9 Å². The largest absolute Gasteiger partial charge is 0.455 e. The summed E-state index contributed by atoms with van der Waals surface area (Å²) in [5, 5.41) is 2.31. The fourth-order valence-electron chi connectivity index (χ4n) is 6.63. The van der Waals surface area contributed by atoms with Gasteiger partial charge in [-0.2, -0.15) is 0 Å². The molecule has 168 valence electrons. The molecule has 3 saturated carbocycles. The smallest absolute Gasteiger partial charge is 0.144 e. The van der Waals surface area contributed by atoms with Gasteiger partial charge in [-0.15, -0.1) is 0 Å². The second-order valence-corrected chi connectivity index (χ2v) is 10.4. The molecule has 5 aromatic rings. The molecule has 34 heavy (non-hydrogen) atoms. The molecule has 2 nitrogen and oxygen atoms in total. The molecule has 8 rings (SSSR count). The molecule has 0 radical (unpaired) electrons. The Labute approximate surface area is 200 Å². The number of benzene rings is 3. The first-order valence-electron chi connectivity index (χ1n) is 12.8. The van der Waals surface area contributed by atoms with Gasteiger partial charge in [0.15, 0.2) is 0 Å². The highest BCUT2D eigenvalue weighted by Gasteiger charge is 2.35. The lowest BCUT2D eigenvalue weighted by molar-refractivity contribution is 0.0991. The number of pyridine rings is 1. The lowest BCUT2D eigenvalue weighted by Gasteiger charge is -2.42. The molecule has 1 atom stereocenters. The molecule has 3 fully saturated rings. The van der Waals surface area contributed by atoms with Crippen LogP contribution >= 0.6 is 0 Å². The second kappa shape index (κ2) is 8.13. The topological polar surface area (TPSA) is 26.0 Å². The van der Waals surface area contributed by atoms with Crippen LogP contribution in [-0.4, -0.2) is 4.98 Å². The van der Waals surface area contributed by atoms with E-state index in [4.69, 9.17) is 9.40 Å². The molecular formula is C32H29NO. The van der Waals surface area contributed by atoms with Crippen LogP contribution in [0.25, 0.3) is 44.3 Å². The lowest BCUT2D eigenvalue weighted by Crippen LogP contribution is -2.32. The number of hydrogen-bond acceptors (Lipinski definition) is 2. The quantitative estimate of drug-likeness (QED) is 0.278. The maximum absolute atomic E-state index is 6.49. The van der Waals surface area contributed by atoms with Gasteiger partial charge in [-0.05, 0) is 90.5 Å². The maximum Gasteiger partial charge on any atom is 0.144 e. The summed E-state index contributed by atoms with van der Waals surface area (Å²) in [6.07, 6.45) is 10.4. The highest BCUT2D eigenvalue weighted by molar-refractivity contribution is 6.10. The summed E-state index contributed by atoms with van der Waals surface area (Å²) < 4.78 is 6.49. The summed E-state index contributed by atoms with van der Waals surface area (Å²) in [6, 6.07) is 28.0. The van der Waals surface area contributed by atoms with Crippen molar-refractivity contribution in [1.29, 1.82) is 0 Å². The maximum atomic E-state index is 6.49. The van der Waals surface area contributed by atoms with E-state index in [1.807, 2.05) is 6.20 Å². The number of hydrogen-bond donors (Lipinski definition) is 0. The van der Waals surface area contributed by atoms with Gasteiger partial charge < -0.3 is 4.42 Å². The molecule has 3 aliphatic carbocycles. The average Bonchev–Trinajstić information content (AvgIpc) is 3.28. The van der Waals surface area contributed by atoms with E-state index < -0.39 is 0 Å². The SMILES string of the molecule is c1ccc(-c2ccc3c(c2)oc2c(-c4cc(CC5CC6CCC5CC6)ccn4)cccc23)cc1. The van der Waals surface area contributed by atoms with Crippen LogP contribution in [0, 0.1) is 17.8 Å². The average molecular weight is 444 g/mol. The standard InChI is InChI=1S/C32H29NO/c1-2-5-23(6-3-1)25-13-14-27-28-7-4-8-29(32(28)34-31(27)20-25)30-19-22(15-16-33-30)18-26-17-21-9-11-24(26)12-10-21/h1-8,13-16,19-21,24,26H,9-12,17-18H2. The van der Waals surface area contributed by atoms with Gasteiger partial charge in [0, 0.05) is 22.5 Å². The van der Waals surface area contributed by atoms with Crippen LogP contribution in [0.5, 0.6) is 0 Å². The molecule has 3 aromatic carbocycles. The van der Waals surface area contributed by atoms with E-state index in [0.29, 0.717) is 0 Å². The van der Waals surface area contributed by atoms with Crippen molar-refractivity contribution < 1.29 is 4.42 Å². The van der Waals surface area contributed by atoms with Gasteiger partial charge in [0.05, 0.1) is 5.69 Å². The van der Waals surface area contributed by atoms with E-state index in [1.54, 1.807) is 0 Å². The predicted molar refractivity (Wildman–Crippen MR) is 140 cm³/mol. The van der Waals surface area contributed by atoms with Crippen molar-refractivity contribution in [3.05, 3.63) is 90.6 Å². The zero-order valence-electron chi connectivity index (χ0n) is 19.4. The molecule has 0 amide bonds. The highest BCUT2D eigenvalue weighted by atomic mass is 16.3. The molecule has 0 spiro atoms. The fourth-order valence-corrected chi connectivity index (χ4v) is 6.63. The van der Waals surface area contributed by atoms with Crippen LogP contribution < -0.4 is 0 Å². The van der Waals surface area contributed by atoms with Crippen LogP contribution in [0.4, 0.5) is 0 Å². The highest BCUT2D eigenvalue weighted by Crippen LogP contribution is 2.46. The third-order valence-electron chi connectivity index (χ3n) is 8.40. The molecule has 2 heterocycles. The zero-order valence-corrected chi connectivity index (χ0v) is 19.4. The normalized spacial score (nSPS) is 21.9. The first-order valence-corrected chi connectivity index (χ1v) is 12.8. The minimum atomic E-state index is 0.848. The Morgan fingerprint density at radius 2 is 1.65 bits per heavy atom. The van der Waals surface area contributed by atoms with E-state index in [9.17, 15) is 0 Å². The molecule has 2 aromatic heterocycles. The molecule has 0 N–H and O–H groups in total. The Kier molecular flexibility index (Phi) is 4.79. The Balaban J connectivity index is 1.26. The van der Waals surface area contributed by atoms with E-state index in [1.165, 1.54) is 55.2 Å². The third-order valence-corrected chi connectivity index (χ3v) is 8.40. The lowest BCUT2D eigenvalue weighted by atomic mass is 9.63. The van der Waals surface area contributed by atoms with Crippen LogP contribution in [0.1, 0.15) is 37.7 Å². The fraction of sp³-hybridized carbons (Fsp3) is 0.281. The predicted octanol–water partition coefficient (Wildman–Crippen LogP) is 8.68. The van der Waals surface area contributed by atoms with Gasteiger partial charge >= 0.3 is 0 Å². The minimum absolute atomic E-state index is 0.848. The van der Waals surface area contributed by atoms with Crippen molar-refractivity contribution in [2.75, 3.05) is 0 Å². The number of rotatable bonds is 4. The van der Waals surface area contributed by atoms with E-state index in [-0.39, 0.29) is 0 Å². The van der Waals surface area contributed by atoms with Gasteiger partial charge in [0.2, 0.25) is 0 Å². The van der Waals surface area contributed by atoms with Crippen molar-refractivity contribution in [2.45, 2.75) is 38.5 Å². The van der Waals surface area contributed by atoms with Gasteiger partial charge in [0.25, 0.3) is 0 Å². The summed E-state index contributed by atoms with van der Waals surface area (Å²) in [5.41, 5.74) is 7.77. The van der Waals surface area contributed by atoms with Crippen LogP contribution in [0.15, 0.2) is 89.5 Å². The van der Waals surface area contributed by atoms with Crippen molar-refractivity contribution in [2.24, 2.45) is 17.8 Å². The molecule has 0 saturated heterocycles. The van der Waals surface area contributed by atoms with Gasteiger partial charge in [0.1, 0.15) is 11.2 Å². The van der Waals surface area contributed by atoms with Crippen molar-refractivity contribution in [1.82, 2.24) is 4.98 Å². The van der Waals surface area contributed by atoms with Crippen LogP contribution in [0.3, 0.4) is 0 Å². The van der Waals surface area contributed by atoms with Gasteiger partial charge in [-0.25, -0.2) is 0 Å². The first kappa shape index (κ1) is 20.0. The number of fused-ring (bicyclic) bond motifs is 6. The number of para-hydroxylation sites is 1. The summed E-state index contributed by atoms with van der Waals surface area (Å²) in [6.45, 7) is 0. The van der Waals surface area contributed by atoms with Gasteiger partial charge in [-0.1, -0.05) is 61.4 Å². The molecule has 1 unspecified atom stereocenters. The summed E-state index contributed by atoms with van der Waals surface area (Å²) in [5.74, 6) is 2.75. The summed E-state index contributed by atoms with van der Waals surface area (Å²) in [4.78, 5) is 4.78. The Bertz CT molecular complexity index is 1470. The van der Waals surface area contributed by atoms with Crippen LogP contribution in [0.2, 0.25) is 0 Å². The first-order chi connectivity index (χ1) is 16.8. The summed E-state index contributed by atoms with van der Waals surface area (Å²) >= 11 is 0. The summed E-state index contributed by atoms with van der Waals surface area (Å²) in [7, 11) is 0. The Morgan fingerprint density at radius 1 is 0.765 bits per heavy atom. The molecule has 3 aliphatic rings. The van der Waals surface area contributed by atoms with Crippen molar-refractivity contribution in [3.8, 4) is 22.4 Å². The number of aromatic nitrogens is 1. The third kappa shape index (κ3) is 3.44. The van der Waals surface area contributed by atoms with Crippen molar-refractivity contribution in [3.63, 3.8) is 0 Å². The second-order valence-electron chi connectivity index (χ2n) is 10.4.